The lowest BCUT2D eigenvalue weighted by atomic mass is 9.85. The lowest BCUT2D eigenvalue weighted by Crippen LogP contribution is -2.61. The van der Waals surface area contributed by atoms with Crippen molar-refractivity contribution in [2.45, 2.75) is 38.5 Å². The topological polar surface area (TPSA) is 73.6 Å². The van der Waals surface area contributed by atoms with E-state index in [2.05, 4.69) is 21.2 Å². The zero-order valence-electron chi connectivity index (χ0n) is 12.0. The average Bonchev–Trinajstić information content (AvgIpc) is 2.44. The Bertz CT molecular complexity index is 512. The van der Waals surface area contributed by atoms with E-state index in [0.717, 1.165) is 13.0 Å². The molecule has 1 saturated carbocycles. The predicted molar refractivity (Wildman–Crippen MR) is 82.7 cm³/mol. The largest absolute Gasteiger partial charge is 0.481 e. The van der Waals surface area contributed by atoms with Gasteiger partial charge in [-0.3, -0.25) is 10.1 Å². The number of nitrogens with zero attached hydrogens (tertiary/aromatic N) is 1. The van der Waals surface area contributed by atoms with Crippen LogP contribution in [0.25, 0.3) is 0 Å². The zero-order valence-corrected chi connectivity index (χ0v) is 13.6. The van der Waals surface area contributed by atoms with Crippen LogP contribution >= 0.6 is 15.9 Å². The number of rotatable bonds is 7. The molecule has 1 aromatic rings. The van der Waals surface area contributed by atoms with Gasteiger partial charge in [0.1, 0.15) is 12.2 Å². The van der Waals surface area contributed by atoms with Crippen LogP contribution < -0.4 is 10.1 Å². The summed E-state index contributed by atoms with van der Waals surface area (Å²) in [6.45, 7) is 5.42. The molecule has 21 heavy (non-hydrogen) atoms. The van der Waals surface area contributed by atoms with E-state index < -0.39 is 4.92 Å². The molecular formula is C14H19BrN2O4. The molecule has 6 nitrogen and oxygen atoms in total. The first-order chi connectivity index (χ1) is 10.1. The molecule has 3 atom stereocenters. The van der Waals surface area contributed by atoms with E-state index in [-0.39, 0.29) is 29.7 Å². The summed E-state index contributed by atoms with van der Waals surface area (Å²) in [5, 5.41) is 14.4. The molecular weight excluding hydrogens is 340 g/mol. The number of nitrogens with one attached hydrogen (secondary N) is 1. The number of ether oxygens (including phenoxy) is 2. The van der Waals surface area contributed by atoms with Gasteiger partial charge in [-0.25, -0.2) is 0 Å². The predicted octanol–water partition coefficient (Wildman–Crippen LogP) is 2.89. The molecule has 7 heteroatoms. The lowest BCUT2D eigenvalue weighted by Gasteiger charge is -2.43. The van der Waals surface area contributed by atoms with Gasteiger partial charge in [-0.05, 0) is 25.6 Å². The molecule has 0 heterocycles. The third kappa shape index (κ3) is 3.72. The fourth-order valence-corrected chi connectivity index (χ4v) is 2.82. The van der Waals surface area contributed by atoms with Crippen molar-refractivity contribution in [1.29, 1.82) is 0 Å². The Labute approximate surface area is 132 Å². The Hall–Kier alpha value is -1.18. The molecule has 1 aliphatic rings. The fourth-order valence-electron chi connectivity index (χ4n) is 2.47. The first-order valence-electron chi connectivity index (χ1n) is 7.02. The molecule has 1 N–H and O–H groups in total. The second kappa shape index (κ2) is 7.20. The summed E-state index contributed by atoms with van der Waals surface area (Å²) in [4.78, 5) is 10.7. The Morgan fingerprint density at radius 3 is 2.86 bits per heavy atom. The van der Waals surface area contributed by atoms with Gasteiger partial charge < -0.3 is 14.8 Å². The maximum atomic E-state index is 11.1. The molecule has 116 valence electrons. The SMILES string of the molecule is CCNC1CC(Oc2ccc(Br)cc2[N+](=O)[O-])C1OCC. The molecule has 3 unspecified atom stereocenters. The van der Waals surface area contributed by atoms with E-state index in [1.54, 1.807) is 12.1 Å². The number of benzene rings is 1. The van der Waals surface area contributed by atoms with E-state index >= 15 is 0 Å². The van der Waals surface area contributed by atoms with Gasteiger partial charge in [0.05, 0.1) is 4.92 Å². The second-order valence-corrected chi connectivity index (χ2v) is 5.76. The van der Waals surface area contributed by atoms with Crippen LogP contribution in [0.3, 0.4) is 0 Å². The molecule has 1 aromatic carbocycles. The summed E-state index contributed by atoms with van der Waals surface area (Å²) in [6, 6.07) is 5.05. The average molecular weight is 359 g/mol. The van der Waals surface area contributed by atoms with E-state index in [4.69, 9.17) is 9.47 Å². The number of likely N-dealkylation sites (N-methyl/N-ethyl adjacent to an activating group) is 1. The van der Waals surface area contributed by atoms with Crippen LogP contribution in [0.1, 0.15) is 20.3 Å². The van der Waals surface area contributed by atoms with E-state index in [9.17, 15) is 10.1 Å². The summed E-state index contributed by atoms with van der Waals surface area (Å²) in [5.74, 6) is 0.285. The number of halogens is 1. The van der Waals surface area contributed by atoms with Crippen molar-refractivity contribution in [3.8, 4) is 5.75 Å². The van der Waals surface area contributed by atoms with E-state index in [1.165, 1.54) is 6.07 Å². The minimum atomic E-state index is -0.434. The van der Waals surface area contributed by atoms with E-state index in [1.807, 2.05) is 13.8 Å². The smallest absolute Gasteiger partial charge is 0.312 e. The Morgan fingerprint density at radius 2 is 2.24 bits per heavy atom. The van der Waals surface area contributed by atoms with Gasteiger partial charge in [0.15, 0.2) is 5.75 Å². The molecule has 2 rings (SSSR count). The first kappa shape index (κ1) is 16.2. The summed E-state index contributed by atoms with van der Waals surface area (Å²) >= 11 is 3.23. The summed E-state index contributed by atoms with van der Waals surface area (Å²) in [7, 11) is 0. The van der Waals surface area contributed by atoms with Crippen molar-refractivity contribution in [3.63, 3.8) is 0 Å². The van der Waals surface area contributed by atoms with Crippen LogP contribution in [0.5, 0.6) is 5.75 Å². The molecule has 0 aromatic heterocycles. The quantitative estimate of drug-likeness (QED) is 0.599. The molecule has 0 bridgehead atoms. The van der Waals surface area contributed by atoms with Gasteiger partial charge in [0, 0.05) is 29.6 Å². The van der Waals surface area contributed by atoms with Crippen molar-refractivity contribution in [3.05, 3.63) is 32.8 Å². The second-order valence-electron chi connectivity index (χ2n) is 4.85. The number of nitro groups is 1. The highest BCUT2D eigenvalue weighted by molar-refractivity contribution is 9.10. The van der Waals surface area contributed by atoms with Crippen LogP contribution in [0.4, 0.5) is 5.69 Å². The lowest BCUT2D eigenvalue weighted by molar-refractivity contribution is -0.386. The van der Waals surface area contributed by atoms with Gasteiger partial charge in [0.25, 0.3) is 0 Å². The van der Waals surface area contributed by atoms with Crippen LogP contribution in [0.2, 0.25) is 0 Å². The first-order valence-corrected chi connectivity index (χ1v) is 7.81. The van der Waals surface area contributed by atoms with Crippen molar-refractivity contribution < 1.29 is 14.4 Å². The van der Waals surface area contributed by atoms with Crippen molar-refractivity contribution >= 4 is 21.6 Å². The normalized spacial score (nSPS) is 24.4. The molecule has 1 fully saturated rings. The number of nitro benzene ring substituents is 1. The molecule has 0 amide bonds. The highest BCUT2D eigenvalue weighted by Crippen LogP contribution is 2.35. The van der Waals surface area contributed by atoms with Gasteiger partial charge in [0.2, 0.25) is 0 Å². The third-order valence-corrected chi connectivity index (χ3v) is 3.96. The van der Waals surface area contributed by atoms with Crippen LogP contribution in [-0.2, 0) is 4.74 Å². The fraction of sp³-hybridized carbons (Fsp3) is 0.571. The number of hydrogen-bond acceptors (Lipinski definition) is 5. The summed E-state index contributed by atoms with van der Waals surface area (Å²) in [5.41, 5.74) is -0.0356. The van der Waals surface area contributed by atoms with E-state index in [0.29, 0.717) is 11.1 Å². The molecule has 0 aliphatic heterocycles. The van der Waals surface area contributed by atoms with Crippen molar-refractivity contribution in [1.82, 2.24) is 5.32 Å². The molecule has 0 spiro atoms. The van der Waals surface area contributed by atoms with Crippen molar-refractivity contribution in [2.75, 3.05) is 13.2 Å². The van der Waals surface area contributed by atoms with Crippen molar-refractivity contribution in [2.24, 2.45) is 0 Å². The van der Waals surface area contributed by atoms with Crippen LogP contribution in [0.15, 0.2) is 22.7 Å². The maximum Gasteiger partial charge on any atom is 0.312 e. The van der Waals surface area contributed by atoms with Crippen LogP contribution in [0, 0.1) is 10.1 Å². The molecule has 1 aliphatic carbocycles. The highest BCUT2D eigenvalue weighted by atomic mass is 79.9. The minimum absolute atomic E-state index is 0.0356. The Morgan fingerprint density at radius 1 is 1.48 bits per heavy atom. The highest BCUT2D eigenvalue weighted by Gasteiger charge is 2.43. The summed E-state index contributed by atoms with van der Waals surface area (Å²) in [6.07, 6.45) is 0.554. The summed E-state index contributed by atoms with van der Waals surface area (Å²) < 4.78 is 12.2. The minimum Gasteiger partial charge on any atom is -0.481 e. The van der Waals surface area contributed by atoms with Gasteiger partial charge in [-0.15, -0.1) is 0 Å². The number of hydrogen-bond donors (Lipinski definition) is 1. The Balaban J connectivity index is 2.09. The zero-order chi connectivity index (χ0) is 15.4. The van der Waals surface area contributed by atoms with Gasteiger partial charge in [-0.2, -0.15) is 0 Å². The van der Waals surface area contributed by atoms with Gasteiger partial charge >= 0.3 is 5.69 Å². The maximum absolute atomic E-state index is 11.1. The van der Waals surface area contributed by atoms with Gasteiger partial charge in [-0.1, -0.05) is 22.9 Å². The van der Waals surface area contributed by atoms with Crippen LogP contribution in [-0.4, -0.2) is 36.3 Å². The third-order valence-electron chi connectivity index (χ3n) is 3.47. The molecule has 0 saturated heterocycles. The Kier molecular flexibility index (Phi) is 5.55. The molecule has 0 radical (unpaired) electrons. The standard InChI is InChI=1S/C14H19BrN2O4/c1-3-16-10-8-13(14(10)20-4-2)21-12-6-5-9(15)7-11(12)17(18)19/h5-7,10,13-14,16H,3-4,8H2,1-2H3. The monoisotopic (exact) mass is 358 g/mol.